The quantitative estimate of drug-likeness (QED) is 0.836. The molecular formula is C12H14N4O. The predicted octanol–water partition coefficient (Wildman–Crippen LogP) is 1.68. The Morgan fingerprint density at radius 2 is 1.94 bits per heavy atom. The molecule has 88 valence electrons. The molecule has 0 atom stereocenters. The molecule has 3 N–H and O–H groups in total. The van der Waals surface area contributed by atoms with Crippen LogP contribution in [-0.4, -0.2) is 17.1 Å². The van der Waals surface area contributed by atoms with Crippen LogP contribution in [0.4, 0.5) is 11.6 Å². The number of nitrogen functional groups attached to an aromatic ring is 1. The molecule has 1 aromatic carbocycles. The van der Waals surface area contributed by atoms with Gasteiger partial charge in [0.25, 0.3) is 0 Å². The van der Waals surface area contributed by atoms with Gasteiger partial charge in [0, 0.05) is 6.54 Å². The Morgan fingerprint density at radius 3 is 2.53 bits per heavy atom. The zero-order valence-corrected chi connectivity index (χ0v) is 9.55. The van der Waals surface area contributed by atoms with Crippen molar-refractivity contribution >= 4 is 11.6 Å². The number of nitrogens with two attached hydrogens (primary N) is 1. The number of benzene rings is 1. The Hall–Kier alpha value is -2.30. The highest BCUT2D eigenvalue weighted by atomic mass is 16.5. The topological polar surface area (TPSA) is 73.1 Å². The summed E-state index contributed by atoms with van der Waals surface area (Å²) in [5.74, 6) is 1.97. The van der Waals surface area contributed by atoms with Crippen molar-refractivity contribution in [2.45, 2.75) is 6.54 Å². The molecule has 2 aromatic rings. The van der Waals surface area contributed by atoms with Gasteiger partial charge in [-0.05, 0) is 17.7 Å². The Kier molecular flexibility index (Phi) is 3.40. The smallest absolute Gasteiger partial charge is 0.144 e. The minimum Gasteiger partial charge on any atom is -0.497 e. The zero-order valence-electron chi connectivity index (χ0n) is 9.55. The number of rotatable bonds is 4. The van der Waals surface area contributed by atoms with Crippen molar-refractivity contribution in [1.82, 2.24) is 9.97 Å². The number of aromatic nitrogens is 2. The maximum atomic E-state index is 5.45. The molecule has 17 heavy (non-hydrogen) atoms. The van der Waals surface area contributed by atoms with Crippen LogP contribution in [0.25, 0.3) is 0 Å². The molecule has 0 amide bonds. The van der Waals surface area contributed by atoms with Gasteiger partial charge in [-0.1, -0.05) is 12.1 Å². The van der Waals surface area contributed by atoms with Crippen molar-refractivity contribution in [3.05, 3.63) is 42.2 Å². The van der Waals surface area contributed by atoms with Crippen LogP contribution in [0.3, 0.4) is 0 Å². The van der Waals surface area contributed by atoms with Gasteiger partial charge >= 0.3 is 0 Å². The average molecular weight is 230 g/mol. The molecule has 0 bridgehead atoms. The first-order chi connectivity index (χ1) is 8.28. The van der Waals surface area contributed by atoms with Gasteiger partial charge in [0.2, 0.25) is 0 Å². The molecule has 5 nitrogen and oxygen atoms in total. The molecule has 0 unspecified atom stereocenters. The van der Waals surface area contributed by atoms with Crippen molar-refractivity contribution in [2.24, 2.45) is 0 Å². The molecule has 0 aliphatic carbocycles. The standard InChI is InChI=1S/C12H14N4O/c1-17-10-4-2-9(3-5-10)6-15-12-8-14-11(13)7-16-12/h2-5,7-8H,6H2,1H3,(H2,13,14)(H,15,16). The molecule has 0 fully saturated rings. The normalized spacial score (nSPS) is 9.94. The summed E-state index contributed by atoms with van der Waals surface area (Å²) in [4.78, 5) is 8.06. The lowest BCUT2D eigenvalue weighted by Crippen LogP contribution is -2.02. The predicted molar refractivity (Wildman–Crippen MR) is 66.8 cm³/mol. The first kappa shape index (κ1) is 11.2. The Morgan fingerprint density at radius 1 is 1.18 bits per heavy atom. The SMILES string of the molecule is COc1ccc(CNc2cnc(N)cn2)cc1. The second-order valence-electron chi connectivity index (χ2n) is 3.53. The van der Waals surface area contributed by atoms with E-state index in [4.69, 9.17) is 10.5 Å². The van der Waals surface area contributed by atoms with E-state index in [1.54, 1.807) is 13.3 Å². The molecule has 0 saturated heterocycles. The van der Waals surface area contributed by atoms with Crippen molar-refractivity contribution in [3.8, 4) is 5.75 Å². The lowest BCUT2D eigenvalue weighted by atomic mass is 10.2. The van der Waals surface area contributed by atoms with Crippen LogP contribution >= 0.6 is 0 Å². The molecule has 5 heteroatoms. The van der Waals surface area contributed by atoms with E-state index in [9.17, 15) is 0 Å². The van der Waals surface area contributed by atoms with Crippen molar-refractivity contribution < 1.29 is 4.74 Å². The van der Waals surface area contributed by atoms with E-state index in [-0.39, 0.29) is 0 Å². The molecule has 1 aromatic heterocycles. The summed E-state index contributed by atoms with van der Waals surface area (Å²) in [6, 6.07) is 7.84. The molecule has 1 heterocycles. The van der Waals surface area contributed by atoms with Gasteiger partial charge in [-0.15, -0.1) is 0 Å². The number of nitrogens with zero attached hydrogens (tertiary/aromatic N) is 2. The van der Waals surface area contributed by atoms with E-state index >= 15 is 0 Å². The molecule has 0 radical (unpaired) electrons. The molecule has 0 aliphatic heterocycles. The van der Waals surface area contributed by atoms with Crippen LogP contribution in [0.15, 0.2) is 36.7 Å². The van der Waals surface area contributed by atoms with Crippen LogP contribution in [0, 0.1) is 0 Å². The van der Waals surface area contributed by atoms with Crippen LogP contribution in [-0.2, 0) is 6.54 Å². The molecule has 0 aliphatic rings. The molecule has 2 rings (SSSR count). The van der Waals surface area contributed by atoms with E-state index < -0.39 is 0 Å². The number of anilines is 2. The van der Waals surface area contributed by atoms with E-state index in [1.165, 1.54) is 6.20 Å². The molecular weight excluding hydrogens is 216 g/mol. The minimum absolute atomic E-state index is 0.417. The van der Waals surface area contributed by atoms with Crippen molar-refractivity contribution in [1.29, 1.82) is 0 Å². The van der Waals surface area contributed by atoms with Crippen LogP contribution in [0.2, 0.25) is 0 Å². The number of methoxy groups -OCH3 is 1. The van der Waals surface area contributed by atoms with E-state index in [0.29, 0.717) is 18.2 Å². The second kappa shape index (κ2) is 5.16. The van der Waals surface area contributed by atoms with E-state index in [0.717, 1.165) is 11.3 Å². The largest absolute Gasteiger partial charge is 0.497 e. The fourth-order valence-electron chi connectivity index (χ4n) is 1.37. The second-order valence-corrected chi connectivity index (χ2v) is 3.53. The summed E-state index contributed by atoms with van der Waals surface area (Å²) >= 11 is 0. The average Bonchev–Trinajstić information content (AvgIpc) is 2.39. The van der Waals surface area contributed by atoms with Gasteiger partial charge in [0.05, 0.1) is 19.5 Å². The van der Waals surface area contributed by atoms with E-state index in [1.807, 2.05) is 24.3 Å². The molecule has 0 saturated carbocycles. The van der Waals surface area contributed by atoms with Crippen molar-refractivity contribution in [2.75, 3.05) is 18.2 Å². The number of hydrogen-bond acceptors (Lipinski definition) is 5. The number of nitrogens with one attached hydrogen (secondary N) is 1. The van der Waals surface area contributed by atoms with Gasteiger partial charge < -0.3 is 15.8 Å². The Labute approximate surface area is 99.7 Å². The fraction of sp³-hybridized carbons (Fsp3) is 0.167. The summed E-state index contributed by atoms with van der Waals surface area (Å²) in [5.41, 5.74) is 6.59. The fourth-order valence-corrected chi connectivity index (χ4v) is 1.37. The minimum atomic E-state index is 0.417. The summed E-state index contributed by atoms with van der Waals surface area (Å²) in [7, 11) is 1.65. The van der Waals surface area contributed by atoms with Gasteiger partial charge in [-0.3, -0.25) is 0 Å². The van der Waals surface area contributed by atoms with Gasteiger partial charge in [0.15, 0.2) is 0 Å². The van der Waals surface area contributed by atoms with Gasteiger partial charge in [-0.25, -0.2) is 9.97 Å². The zero-order chi connectivity index (χ0) is 12.1. The van der Waals surface area contributed by atoms with Crippen molar-refractivity contribution in [3.63, 3.8) is 0 Å². The summed E-state index contributed by atoms with van der Waals surface area (Å²) < 4.78 is 5.09. The van der Waals surface area contributed by atoms with Gasteiger partial charge in [0.1, 0.15) is 17.4 Å². The third-order valence-electron chi connectivity index (χ3n) is 2.30. The van der Waals surface area contributed by atoms with Crippen LogP contribution in [0.1, 0.15) is 5.56 Å². The highest BCUT2D eigenvalue weighted by Crippen LogP contribution is 2.12. The Balaban J connectivity index is 1.95. The van der Waals surface area contributed by atoms with Crippen LogP contribution in [0.5, 0.6) is 5.75 Å². The summed E-state index contributed by atoms with van der Waals surface area (Å²) in [6.45, 7) is 0.683. The first-order valence-electron chi connectivity index (χ1n) is 5.22. The maximum Gasteiger partial charge on any atom is 0.144 e. The van der Waals surface area contributed by atoms with E-state index in [2.05, 4.69) is 15.3 Å². The first-order valence-corrected chi connectivity index (χ1v) is 5.22. The number of hydrogen-bond donors (Lipinski definition) is 2. The highest BCUT2D eigenvalue weighted by Gasteiger charge is 1.96. The number of ether oxygens (including phenoxy) is 1. The summed E-state index contributed by atoms with van der Waals surface area (Å²) in [5, 5.41) is 3.16. The third-order valence-corrected chi connectivity index (χ3v) is 2.30. The third kappa shape index (κ3) is 3.07. The highest BCUT2D eigenvalue weighted by molar-refractivity contribution is 5.37. The maximum absolute atomic E-state index is 5.45. The van der Waals surface area contributed by atoms with Crippen LogP contribution < -0.4 is 15.8 Å². The summed E-state index contributed by atoms with van der Waals surface area (Å²) in [6.07, 6.45) is 3.13. The van der Waals surface area contributed by atoms with Gasteiger partial charge in [-0.2, -0.15) is 0 Å². The lowest BCUT2D eigenvalue weighted by Gasteiger charge is -2.06. The monoisotopic (exact) mass is 230 g/mol. The lowest BCUT2D eigenvalue weighted by molar-refractivity contribution is 0.414. The Bertz CT molecular complexity index is 467. The molecule has 0 spiro atoms.